The molecule has 2 aromatic rings. The number of carbonyl (C=O) groups is 2. The number of rotatable bonds is 4. The molecule has 0 spiro atoms. The zero-order valence-corrected chi connectivity index (χ0v) is 16.0. The fourth-order valence-electron chi connectivity index (χ4n) is 3.60. The van der Waals surface area contributed by atoms with E-state index in [1.165, 1.54) is 0 Å². The second-order valence-corrected chi connectivity index (χ2v) is 8.68. The average molecular weight is 396 g/mol. The van der Waals surface area contributed by atoms with Gasteiger partial charge in [0.2, 0.25) is 5.91 Å². The van der Waals surface area contributed by atoms with Crippen LogP contribution in [0.4, 0.5) is 5.69 Å². The summed E-state index contributed by atoms with van der Waals surface area (Å²) < 4.78 is 27.6. The monoisotopic (exact) mass is 396 g/mol. The molecule has 1 aliphatic carbocycles. The van der Waals surface area contributed by atoms with Crippen molar-refractivity contribution in [1.82, 2.24) is 4.72 Å². The molecular weight excluding hydrogens is 376 g/mol. The van der Waals surface area contributed by atoms with Crippen LogP contribution in [0.2, 0.25) is 0 Å². The smallest absolute Gasteiger partial charge is 0.265 e. The van der Waals surface area contributed by atoms with Crippen LogP contribution in [0, 0.1) is 0 Å². The van der Waals surface area contributed by atoms with Gasteiger partial charge in [-0.05, 0) is 54.7 Å². The number of allylic oxidation sites excluding steroid dienone is 1. The fourth-order valence-corrected chi connectivity index (χ4v) is 4.75. The van der Waals surface area contributed by atoms with E-state index in [0.29, 0.717) is 31.5 Å². The first-order valence-electron chi connectivity index (χ1n) is 9.20. The Morgan fingerprint density at radius 2 is 1.82 bits per heavy atom. The lowest BCUT2D eigenvalue weighted by Crippen LogP contribution is -2.32. The van der Waals surface area contributed by atoms with E-state index >= 15 is 0 Å². The Hall–Kier alpha value is -2.93. The Balaban J connectivity index is 1.55. The highest BCUT2D eigenvalue weighted by atomic mass is 32.2. The van der Waals surface area contributed by atoms with Gasteiger partial charge in [0.25, 0.3) is 15.9 Å². The summed E-state index contributed by atoms with van der Waals surface area (Å²) in [6.07, 6.45) is 3.85. The van der Waals surface area contributed by atoms with Crippen LogP contribution in [0.25, 0.3) is 6.08 Å². The molecule has 0 unspecified atom stereocenters. The van der Waals surface area contributed by atoms with E-state index in [0.717, 1.165) is 17.5 Å². The van der Waals surface area contributed by atoms with Gasteiger partial charge in [0.15, 0.2) is 0 Å². The van der Waals surface area contributed by atoms with Crippen molar-refractivity contribution in [3.63, 3.8) is 0 Å². The first kappa shape index (κ1) is 18.4. The number of benzene rings is 2. The lowest BCUT2D eigenvalue weighted by molar-refractivity contribution is -0.117. The molecule has 0 saturated carbocycles. The predicted molar refractivity (Wildman–Crippen MR) is 107 cm³/mol. The molecule has 6 nitrogen and oxygen atoms in total. The number of aryl methyl sites for hydroxylation is 1. The molecule has 2 amide bonds. The van der Waals surface area contributed by atoms with E-state index in [1.807, 2.05) is 24.3 Å². The standard InChI is InChI=1S/C21H20N2O4S/c24-20-9-4-12-23(20)18-8-3-7-17(13-18)21(25)22-28(26,27)19-11-10-15-5-1-2-6-16(15)14-19/h1-3,5-8,13-14H,4,9-12H2,(H,22,25). The Kier molecular flexibility index (Phi) is 4.77. The van der Waals surface area contributed by atoms with Crippen molar-refractivity contribution >= 4 is 33.6 Å². The summed E-state index contributed by atoms with van der Waals surface area (Å²) in [6, 6.07) is 14.1. The molecule has 1 heterocycles. The zero-order valence-electron chi connectivity index (χ0n) is 15.2. The van der Waals surface area contributed by atoms with Crippen LogP contribution < -0.4 is 9.62 Å². The molecule has 28 heavy (non-hydrogen) atoms. The number of hydrogen-bond donors (Lipinski definition) is 1. The predicted octanol–water partition coefficient (Wildman–Crippen LogP) is 2.86. The van der Waals surface area contributed by atoms with Crippen molar-refractivity contribution in [3.8, 4) is 0 Å². The van der Waals surface area contributed by atoms with Crippen molar-refractivity contribution in [2.24, 2.45) is 0 Å². The largest absolute Gasteiger partial charge is 0.312 e. The molecule has 2 aromatic carbocycles. The van der Waals surface area contributed by atoms with Crippen LogP contribution in [-0.2, 0) is 21.2 Å². The van der Waals surface area contributed by atoms with Crippen LogP contribution in [0.5, 0.6) is 0 Å². The van der Waals surface area contributed by atoms with E-state index in [2.05, 4.69) is 4.72 Å². The second kappa shape index (κ2) is 7.24. The highest BCUT2D eigenvalue weighted by Gasteiger charge is 2.26. The van der Waals surface area contributed by atoms with Gasteiger partial charge in [0.05, 0.1) is 4.91 Å². The molecule has 1 N–H and O–H groups in total. The number of sulfonamides is 1. The summed E-state index contributed by atoms with van der Waals surface area (Å²) in [7, 11) is -3.94. The Bertz CT molecular complexity index is 1090. The van der Waals surface area contributed by atoms with E-state index in [-0.39, 0.29) is 16.4 Å². The molecule has 2 aliphatic rings. The minimum atomic E-state index is -3.94. The second-order valence-electron chi connectivity index (χ2n) is 6.94. The van der Waals surface area contributed by atoms with Gasteiger partial charge in [0.1, 0.15) is 0 Å². The average Bonchev–Trinajstić information content (AvgIpc) is 3.13. The normalized spacial score (nSPS) is 16.5. The molecule has 0 bridgehead atoms. The number of fused-ring (bicyclic) bond motifs is 1. The topological polar surface area (TPSA) is 83.6 Å². The number of nitrogens with one attached hydrogen (secondary N) is 1. The summed E-state index contributed by atoms with van der Waals surface area (Å²) in [5, 5.41) is 0. The highest BCUT2D eigenvalue weighted by molar-refractivity contribution is 7.94. The fraction of sp³-hybridized carbons (Fsp3) is 0.238. The lowest BCUT2D eigenvalue weighted by Gasteiger charge is -2.18. The van der Waals surface area contributed by atoms with Crippen molar-refractivity contribution < 1.29 is 18.0 Å². The molecule has 0 atom stereocenters. The molecule has 1 saturated heterocycles. The van der Waals surface area contributed by atoms with E-state index < -0.39 is 15.9 Å². The van der Waals surface area contributed by atoms with Crippen molar-refractivity contribution in [2.75, 3.05) is 11.4 Å². The van der Waals surface area contributed by atoms with Gasteiger partial charge in [-0.2, -0.15) is 0 Å². The van der Waals surface area contributed by atoms with Crippen molar-refractivity contribution in [1.29, 1.82) is 0 Å². The van der Waals surface area contributed by atoms with Crippen LogP contribution in [0.15, 0.2) is 53.4 Å². The maximum Gasteiger partial charge on any atom is 0.265 e. The summed E-state index contributed by atoms with van der Waals surface area (Å²) in [4.78, 5) is 26.3. The molecule has 1 fully saturated rings. The summed E-state index contributed by atoms with van der Waals surface area (Å²) in [5.74, 6) is -0.690. The molecule has 4 rings (SSSR count). The van der Waals surface area contributed by atoms with E-state index in [9.17, 15) is 18.0 Å². The molecule has 0 aromatic heterocycles. The summed E-state index contributed by atoms with van der Waals surface area (Å²) in [5.41, 5.74) is 2.77. The van der Waals surface area contributed by atoms with Crippen LogP contribution in [0.1, 0.15) is 40.7 Å². The minimum absolute atomic E-state index is 0.0104. The maximum absolute atomic E-state index is 12.7. The summed E-state index contributed by atoms with van der Waals surface area (Å²) in [6.45, 7) is 0.606. The van der Waals surface area contributed by atoms with Gasteiger partial charge < -0.3 is 4.90 Å². The Labute approximate surface area is 163 Å². The highest BCUT2D eigenvalue weighted by Crippen LogP contribution is 2.27. The molecular formula is C21H20N2O4S. The first-order valence-corrected chi connectivity index (χ1v) is 10.7. The van der Waals surface area contributed by atoms with Crippen molar-refractivity contribution in [3.05, 3.63) is 70.1 Å². The third-order valence-electron chi connectivity index (χ3n) is 5.08. The molecule has 0 radical (unpaired) electrons. The number of carbonyl (C=O) groups excluding carboxylic acids is 2. The SMILES string of the molecule is O=C(NS(=O)(=O)C1=Cc2ccccc2CC1)c1cccc(N2CCCC2=O)c1. The van der Waals surface area contributed by atoms with Gasteiger partial charge in [-0.1, -0.05) is 30.3 Å². The van der Waals surface area contributed by atoms with Crippen molar-refractivity contribution in [2.45, 2.75) is 25.7 Å². The number of hydrogen-bond acceptors (Lipinski definition) is 4. The number of anilines is 1. The van der Waals surface area contributed by atoms with Gasteiger partial charge in [-0.3, -0.25) is 9.59 Å². The van der Waals surface area contributed by atoms with E-state index in [1.54, 1.807) is 35.2 Å². The lowest BCUT2D eigenvalue weighted by atomic mass is 9.98. The van der Waals surface area contributed by atoms with Gasteiger partial charge in [-0.25, -0.2) is 13.1 Å². The minimum Gasteiger partial charge on any atom is -0.312 e. The maximum atomic E-state index is 12.7. The third kappa shape index (κ3) is 3.57. The van der Waals surface area contributed by atoms with Crippen LogP contribution in [0.3, 0.4) is 0 Å². The zero-order chi connectivity index (χ0) is 19.7. The van der Waals surface area contributed by atoms with Gasteiger partial charge >= 0.3 is 0 Å². The third-order valence-corrected chi connectivity index (χ3v) is 6.54. The van der Waals surface area contributed by atoms with Gasteiger partial charge in [-0.15, -0.1) is 0 Å². The molecule has 7 heteroatoms. The van der Waals surface area contributed by atoms with Crippen LogP contribution >= 0.6 is 0 Å². The Morgan fingerprint density at radius 3 is 2.61 bits per heavy atom. The molecule has 1 aliphatic heterocycles. The quantitative estimate of drug-likeness (QED) is 0.861. The summed E-state index contributed by atoms with van der Waals surface area (Å²) >= 11 is 0. The van der Waals surface area contributed by atoms with Crippen LogP contribution in [-0.4, -0.2) is 26.8 Å². The van der Waals surface area contributed by atoms with Gasteiger partial charge in [0, 0.05) is 24.2 Å². The first-order chi connectivity index (χ1) is 13.4. The number of amides is 2. The molecule has 144 valence electrons. The van der Waals surface area contributed by atoms with E-state index in [4.69, 9.17) is 0 Å². The number of nitrogens with zero attached hydrogens (tertiary/aromatic N) is 1. The Morgan fingerprint density at radius 1 is 1.00 bits per heavy atom.